The third kappa shape index (κ3) is 5.98. The van der Waals surface area contributed by atoms with E-state index < -0.39 is 6.61 Å². The fraction of sp³-hybridized carbons (Fsp3) is 0.409. The maximum absolute atomic E-state index is 12.4. The van der Waals surface area contributed by atoms with E-state index in [1.165, 1.54) is 12.1 Å². The molecule has 0 radical (unpaired) electrons. The van der Waals surface area contributed by atoms with Crippen molar-refractivity contribution in [2.75, 3.05) is 44.2 Å². The Morgan fingerprint density at radius 1 is 1.07 bits per heavy atom. The molecule has 1 aliphatic rings. The quantitative estimate of drug-likeness (QED) is 0.708. The molecular weight excluding hydrogens is 392 g/mol. The van der Waals surface area contributed by atoms with Crippen molar-refractivity contribution in [1.29, 1.82) is 0 Å². The highest BCUT2D eigenvalue weighted by molar-refractivity contribution is 5.74. The Balaban J connectivity index is 1.42. The van der Waals surface area contributed by atoms with E-state index in [-0.39, 0.29) is 11.8 Å². The lowest BCUT2D eigenvalue weighted by Crippen LogP contribution is -2.52. The molecule has 8 heteroatoms. The van der Waals surface area contributed by atoms with E-state index in [0.29, 0.717) is 32.7 Å². The third-order valence-corrected chi connectivity index (χ3v) is 4.91. The third-order valence-electron chi connectivity index (χ3n) is 4.91. The lowest BCUT2D eigenvalue weighted by molar-refractivity contribution is -0.0498. The molecule has 1 N–H and O–H groups in total. The van der Waals surface area contributed by atoms with Crippen LogP contribution in [0.2, 0.25) is 0 Å². The molecule has 0 saturated carbocycles. The Bertz CT molecular complexity index is 810. The van der Waals surface area contributed by atoms with Crippen LogP contribution in [-0.4, -0.2) is 56.9 Å². The Morgan fingerprint density at radius 2 is 1.77 bits per heavy atom. The first-order chi connectivity index (χ1) is 14.6. The van der Waals surface area contributed by atoms with Crippen LogP contribution in [0.15, 0.2) is 48.5 Å². The molecule has 30 heavy (non-hydrogen) atoms. The van der Waals surface area contributed by atoms with Crippen molar-refractivity contribution in [3.05, 3.63) is 54.1 Å². The monoisotopic (exact) mass is 419 g/mol. The summed E-state index contributed by atoms with van der Waals surface area (Å²) < 4.78 is 34.4. The van der Waals surface area contributed by atoms with E-state index in [0.717, 1.165) is 30.1 Å². The lowest BCUT2D eigenvalue weighted by atomic mass is 10.1. The zero-order chi connectivity index (χ0) is 21.3. The summed E-state index contributed by atoms with van der Waals surface area (Å²) in [6.07, 6.45) is 0.613. The molecule has 0 unspecified atom stereocenters. The standard InChI is InChI=1S/C22H27F2N3O3/c1-2-29-20-6-4-3-5-19(20)26-13-15-27(16-14-26)22(28)25-12-11-17-7-9-18(10-8-17)30-21(23)24/h3-10,21H,2,11-16H2,1H3,(H,25,28). The van der Waals surface area contributed by atoms with Gasteiger partial charge in [-0.05, 0) is 43.2 Å². The number of nitrogens with zero attached hydrogens (tertiary/aromatic N) is 2. The zero-order valence-corrected chi connectivity index (χ0v) is 17.0. The highest BCUT2D eigenvalue weighted by Gasteiger charge is 2.22. The van der Waals surface area contributed by atoms with E-state index >= 15 is 0 Å². The van der Waals surface area contributed by atoms with Crippen LogP contribution >= 0.6 is 0 Å². The molecule has 1 aliphatic heterocycles. The van der Waals surface area contributed by atoms with Gasteiger partial charge in [0.15, 0.2) is 0 Å². The summed E-state index contributed by atoms with van der Waals surface area (Å²) >= 11 is 0. The highest BCUT2D eigenvalue weighted by atomic mass is 19.3. The van der Waals surface area contributed by atoms with Crippen LogP contribution in [0.25, 0.3) is 0 Å². The lowest BCUT2D eigenvalue weighted by Gasteiger charge is -2.36. The number of nitrogens with one attached hydrogen (secondary N) is 1. The van der Waals surface area contributed by atoms with E-state index in [1.807, 2.05) is 31.2 Å². The number of hydrogen-bond donors (Lipinski definition) is 1. The molecule has 162 valence electrons. The molecule has 0 bridgehead atoms. The van der Waals surface area contributed by atoms with Gasteiger partial charge in [-0.25, -0.2) is 4.79 Å². The summed E-state index contributed by atoms with van der Waals surface area (Å²) in [7, 11) is 0. The Morgan fingerprint density at radius 3 is 2.43 bits per heavy atom. The molecule has 3 rings (SSSR count). The zero-order valence-electron chi connectivity index (χ0n) is 17.0. The second kappa shape index (κ2) is 10.7. The second-order valence-electron chi connectivity index (χ2n) is 6.88. The minimum Gasteiger partial charge on any atom is -0.492 e. The highest BCUT2D eigenvalue weighted by Crippen LogP contribution is 2.28. The Hall–Kier alpha value is -3.03. The van der Waals surface area contributed by atoms with Gasteiger partial charge in [-0.15, -0.1) is 0 Å². The molecule has 0 aromatic heterocycles. The molecule has 1 fully saturated rings. The summed E-state index contributed by atoms with van der Waals surface area (Å²) in [6.45, 7) is 2.96. The first-order valence-electron chi connectivity index (χ1n) is 10.1. The van der Waals surface area contributed by atoms with Gasteiger partial charge in [0.1, 0.15) is 11.5 Å². The van der Waals surface area contributed by atoms with Gasteiger partial charge in [-0.1, -0.05) is 24.3 Å². The number of alkyl halides is 2. The number of rotatable bonds is 8. The van der Waals surface area contributed by atoms with Crippen LogP contribution in [0.1, 0.15) is 12.5 Å². The van der Waals surface area contributed by atoms with Crippen LogP contribution in [0, 0.1) is 0 Å². The molecule has 2 aromatic carbocycles. The number of carbonyl (C=O) groups is 1. The predicted octanol–water partition coefficient (Wildman–Crippen LogP) is 3.76. The molecule has 6 nitrogen and oxygen atoms in total. The number of halogens is 2. The van der Waals surface area contributed by atoms with Crippen molar-refractivity contribution in [1.82, 2.24) is 10.2 Å². The van der Waals surface area contributed by atoms with Gasteiger partial charge in [0, 0.05) is 32.7 Å². The molecule has 0 atom stereocenters. The number of urea groups is 1. The number of para-hydroxylation sites is 2. The average molecular weight is 419 g/mol. The number of benzene rings is 2. The van der Waals surface area contributed by atoms with Crippen molar-refractivity contribution in [2.45, 2.75) is 20.0 Å². The summed E-state index contributed by atoms with van der Waals surface area (Å²) in [5.74, 6) is 0.990. The first kappa shape index (κ1) is 21.7. The minimum absolute atomic E-state index is 0.0922. The maximum Gasteiger partial charge on any atom is 0.387 e. The second-order valence-corrected chi connectivity index (χ2v) is 6.88. The molecule has 2 amide bonds. The van der Waals surface area contributed by atoms with Gasteiger partial charge in [0.25, 0.3) is 0 Å². The largest absolute Gasteiger partial charge is 0.492 e. The van der Waals surface area contributed by atoms with E-state index in [9.17, 15) is 13.6 Å². The summed E-state index contributed by atoms with van der Waals surface area (Å²) in [5, 5.41) is 2.93. The van der Waals surface area contributed by atoms with Crippen LogP contribution < -0.4 is 19.7 Å². The molecule has 1 saturated heterocycles. The van der Waals surface area contributed by atoms with Gasteiger partial charge >= 0.3 is 12.6 Å². The number of ether oxygens (including phenoxy) is 2. The topological polar surface area (TPSA) is 54.0 Å². The van der Waals surface area contributed by atoms with Gasteiger partial charge in [0.05, 0.1) is 12.3 Å². The van der Waals surface area contributed by atoms with Gasteiger partial charge in [-0.3, -0.25) is 0 Å². The Kier molecular flexibility index (Phi) is 7.70. The molecule has 0 spiro atoms. The smallest absolute Gasteiger partial charge is 0.387 e. The number of anilines is 1. The Labute approximate surface area is 175 Å². The SMILES string of the molecule is CCOc1ccccc1N1CCN(C(=O)NCCc2ccc(OC(F)F)cc2)CC1. The van der Waals surface area contributed by atoms with Crippen LogP contribution in [0.3, 0.4) is 0 Å². The summed E-state index contributed by atoms with van der Waals surface area (Å²) in [5.41, 5.74) is 1.99. The van der Waals surface area contributed by atoms with Crippen molar-refractivity contribution < 1.29 is 23.0 Å². The fourth-order valence-corrected chi connectivity index (χ4v) is 3.41. The summed E-state index contributed by atoms with van der Waals surface area (Å²) in [4.78, 5) is 16.5. The first-order valence-corrected chi connectivity index (χ1v) is 10.1. The van der Waals surface area contributed by atoms with Crippen molar-refractivity contribution in [3.63, 3.8) is 0 Å². The van der Waals surface area contributed by atoms with Crippen molar-refractivity contribution >= 4 is 11.7 Å². The maximum atomic E-state index is 12.4. The van der Waals surface area contributed by atoms with Crippen LogP contribution in [-0.2, 0) is 6.42 Å². The number of amides is 2. The molecular formula is C22H27F2N3O3. The number of hydrogen-bond acceptors (Lipinski definition) is 4. The fourth-order valence-electron chi connectivity index (χ4n) is 3.41. The number of piperazine rings is 1. The predicted molar refractivity (Wildman–Crippen MR) is 112 cm³/mol. The van der Waals surface area contributed by atoms with Gasteiger partial charge < -0.3 is 24.6 Å². The number of carbonyl (C=O) groups excluding carboxylic acids is 1. The van der Waals surface area contributed by atoms with E-state index in [4.69, 9.17) is 4.74 Å². The van der Waals surface area contributed by atoms with Gasteiger partial charge in [-0.2, -0.15) is 8.78 Å². The van der Waals surface area contributed by atoms with Gasteiger partial charge in [0.2, 0.25) is 0 Å². The van der Waals surface area contributed by atoms with E-state index in [1.54, 1.807) is 17.0 Å². The summed E-state index contributed by atoms with van der Waals surface area (Å²) in [6, 6.07) is 14.3. The van der Waals surface area contributed by atoms with Crippen LogP contribution in [0.4, 0.5) is 19.3 Å². The molecule has 2 aromatic rings. The van der Waals surface area contributed by atoms with E-state index in [2.05, 4.69) is 15.0 Å². The van der Waals surface area contributed by atoms with Crippen molar-refractivity contribution in [3.8, 4) is 11.5 Å². The minimum atomic E-state index is -2.83. The molecule has 1 heterocycles. The normalized spacial score (nSPS) is 14.0. The van der Waals surface area contributed by atoms with Crippen molar-refractivity contribution in [2.24, 2.45) is 0 Å². The average Bonchev–Trinajstić information content (AvgIpc) is 2.75. The molecule has 0 aliphatic carbocycles. The van der Waals surface area contributed by atoms with Crippen LogP contribution in [0.5, 0.6) is 11.5 Å².